The van der Waals surface area contributed by atoms with Crippen LogP contribution in [0.5, 0.6) is 0 Å². The van der Waals surface area contributed by atoms with Crippen molar-refractivity contribution < 1.29 is 13.6 Å². The normalized spacial score (nSPS) is 13.9. The highest BCUT2D eigenvalue weighted by atomic mass is 35.5. The van der Waals surface area contributed by atoms with E-state index in [4.69, 9.17) is 23.2 Å². The highest BCUT2D eigenvalue weighted by Crippen LogP contribution is 2.32. The monoisotopic (exact) mass is 526 g/mol. The number of carbonyl (C=O) groups is 1. The van der Waals surface area contributed by atoms with Crippen molar-refractivity contribution in [3.63, 3.8) is 0 Å². The van der Waals surface area contributed by atoms with Crippen LogP contribution >= 0.6 is 23.2 Å². The smallest absolute Gasteiger partial charge is 0.326 e. The summed E-state index contributed by atoms with van der Waals surface area (Å²) in [6.45, 7) is 2.24. The van der Waals surface area contributed by atoms with Gasteiger partial charge in [0.15, 0.2) is 0 Å². The third kappa shape index (κ3) is 5.14. The van der Waals surface area contributed by atoms with Gasteiger partial charge in [0.1, 0.15) is 16.8 Å². The Morgan fingerprint density at radius 2 is 1.97 bits per heavy atom. The van der Waals surface area contributed by atoms with Gasteiger partial charge in [0.05, 0.1) is 5.52 Å². The second kappa shape index (κ2) is 10.4. The van der Waals surface area contributed by atoms with Crippen LogP contribution < -0.4 is 5.32 Å². The molecule has 5 rings (SSSR count). The third-order valence-electron chi connectivity index (χ3n) is 6.25. The number of hydrogen-bond acceptors (Lipinski definition) is 3. The van der Waals surface area contributed by atoms with Crippen LogP contribution in [-0.2, 0) is 19.5 Å². The Kier molecular flexibility index (Phi) is 7.05. The summed E-state index contributed by atoms with van der Waals surface area (Å²) in [6, 6.07) is 12.4. The van der Waals surface area contributed by atoms with E-state index in [1.807, 2.05) is 18.2 Å². The summed E-state index contributed by atoms with van der Waals surface area (Å²) >= 11 is 12.3. The van der Waals surface area contributed by atoms with E-state index < -0.39 is 11.6 Å². The molecule has 1 amide bonds. The largest absolute Gasteiger partial charge is 0.333 e. The fourth-order valence-corrected chi connectivity index (χ4v) is 4.92. The standard InChI is InChI=1S/C27H22Cl2F2N4O/c28-19-4-6-24-21(13-19)22-16-34(10-1-2-18-3-5-20(30)14-23(18)31)11-8-25(22)35(24)27(36)33-15-17-7-9-32-26(29)12-17/h1-7,9,12-14H,8,10-11,15-16H2,(H,33,36). The second-order valence-corrected chi connectivity index (χ2v) is 9.44. The average molecular weight is 527 g/mol. The van der Waals surface area contributed by atoms with E-state index >= 15 is 0 Å². The fraction of sp³-hybridized carbons (Fsp3) is 0.185. The Labute approximate surface area is 216 Å². The number of benzene rings is 2. The van der Waals surface area contributed by atoms with E-state index in [2.05, 4.69) is 15.2 Å². The van der Waals surface area contributed by atoms with Gasteiger partial charge in [-0.25, -0.2) is 18.6 Å². The highest BCUT2D eigenvalue weighted by molar-refractivity contribution is 6.31. The Bertz CT molecular complexity index is 1480. The summed E-state index contributed by atoms with van der Waals surface area (Å²) < 4.78 is 28.8. The zero-order valence-electron chi connectivity index (χ0n) is 19.1. The topological polar surface area (TPSA) is 50.2 Å². The molecule has 0 bridgehead atoms. The summed E-state index contributed by atoms with van der Waals surface area (Å²) in [5.41, 5.74) is 3.97. The lowest BCUT2D eigenvalue weighted by molar-refractivity contribution is 0.240. The summed E-state index contributed by atoms with van der Waals surface area (Å²) in [6.07, 6.45) is 5.78. The molecule has 1 N–H and O–H groups in total. The minimum absolute atomic E-state index is 0.225. The van der Waals surface area contributed by atoms with Gasteiger partial charge in [-0.1, -0.05) is 35.4 Å². The van der Waals surface area contributed by atoms with Crippen LogP contribution in [0.25, 0.3) is 17.0 Å². The van der Waals surface area contributed by atoms with E-state index in [1.54, 1.807) is 35.0 Å². The molecule has 5 nitrogen and oxygen atoms in total. The van der Waals surface area contributed by atoms with Gasteiger partial charge in [-0.05, 0) is 53.6 Å². The van der Waals surface area contributed by atoms with Crippen molar-refractivity contribution >= 4 is 46.2 Å². The average Bonchev–Trinajstić information content (AvgIpc) is 3.17. The van der Waals surface area contributed by atoms with Gasteiger partial charge in [-0.2, -0.15) is 0 Å². The van der Waals surface area contributed by atoms with Crippen LogP contribution in [0.2, 0.25) is 10.2 Å². The van der Waals surface area contributed by atoms with Crippen molar-refractivity contribution in [3.8, 4) is 0 Å². The Balaban J connectivity index is 1.37. The number of carbonyl (C=O) groups excluding carboxylic acids is 1. The molecule has 0 saturated carbocycles. The maximum Gasteiger partial charge on any atom is 0.326 e. The number of fused-ring (bicyclic) bond motifs is 3. The van der Waals surface area contributed by atoms with Gasteiger partial charge in [0, 0.05) is 66.5 Å². The SMILES string of the molecule is O=C(NCc1ccnc(Cl)c1)n1c2c(c3cc(Cl)ccc31)CN(CC=Cc1ccc(F)cc1F)CC2. The molecule has 9 heteroatoms. The summed E-state index contributed by atoms with van der Waals surface area (Å²) in [5.74, 6) is -1.19. The minimum Gasteiger partial charge on any atom is -0.333 e. The number of nitrogens with one attached hydrogen (secondary N) is 1. The number of nitrogens with zero attached hydrogens (tertiary/aromatic N) is 3. The number of amides is 1. The van der Waals surface area contributed by atoms with Crippen molar-refractivity contribution in [1.29, 1.82) is 0 Å². The van der Waals surface area contributed by atoms with Gasteiger partial charge in [-0.3, -0.25) is 9.47 Å². The molecule has 0 spiro atoms. The van der Waals surface area contributed by atoms with Crippen molar-refractivity contribution in [1.82, 2.24) is 19.8 Å². The van der Waals surface area contributed by atoms with Crippen LogP contribution in [0.1, 0.15) is 22.4 Å². The van der Waals surface area contributed by atoms with Crippen LogP contribution in [0.4, 0.5) is 13.6 Å². The van der Waals surface area contributed by atoms with Crippen molar-refractivity contribution in [2.75, 3.05) is 13.1 Å². The van der Waals surface area contributed by atoms with E-state index in [-0.39, 0.29) is 6.03 Å². The zero-order valence-corrected chi connectivity index (χ0v) is 20.7. The third-order valence-corrected chi connectivity index (χ3v) is 6.69. The summed E-state index contributed by atoms with van der Waals surface area (Å²) in [7, 11) is 0. The lowest BCUT2D eigenvalue weighted by atomic mass is 10.0. The summed E-state index contributed by atoms with van der Waals surface area (Å²) in [5, 5.41) is 4.87. The Morgan fingerprint density at radius 3 is 2.78 bits per heavy atom. The van der Waals surface area contributed by atoms with Crippen LogP contribution in [-0.4, -0.2) is 33.6 Å². The maximum absolute atomic E-state index is 13.9. The zero-order chi connectivity index (χ0) is 25.2. The predicted molar refractivity (Wildman–Crippen MR) is 138 cm³/mol. The van der Waals surface area contributed by atoms with Crippen LogP contribution in [0.3, 0.4) is 0 Å². The first kappa shape index (κ1) is 24.4. The molecule has 0 saturated heterocycles. The number of aromatic nitrogens is 2. The molecule has 0 unspecified atom stereocenters. The molecular weight excluding hydrogens is 505 g/mol. The van der Waals surface area contributed by atoms with Gasteiger partial charge < -0.3 is 5.32 Å². The van der Waals surface area contributed by atoms with Crippen molar-refractivity contribution in [2.45, 2.75) is 19.5 Å². The molecule has 0 radical (unpaired) electrons. The molecular formula is C27H22Cl2F2N4O. The van der Waals surface area contributed by atoms with Gasteiger partial charge in [0.2, 0.25) is 0 Å². The van der Waals surface area contributed by atoms with Crippen molar-refractivity contribution in [2.24, 2.45) is 0 Å². The Hall–Kier alpha value is -3.26. The fourth-order valence-electron chi connectivity index (χ4n) is 4.55. The van der Waals surface area contributed by atoms with E-state index in [0.29, 0.717) is 41.8 Å². The van der Waals surface area contributed by atoms with Crippen LogP contribution in [0, 0.1) is 11.6 Å². The molecule has 0 fully saturated rings. The van der Waals surface area contributed by atoms with E-state index in [9.17, 15) is 13.6 Å². The number of hydrogen-bond donors (Lipinski definition) is 1. The minimum atomic E-state index is -0.600. The highest BCUT2D eigenvalue weighted by Gasteiger charge is 2.26. The molecule has 4 aromatic rings. The first-order chi connectivity index (χ1) is 17.4. The molecule has 0 atom stereocenters. The predicted octanol–water partition coefficient (Wildman–Crippen LogP) is 6.45. The Morgan fingerprint density at radius 1 is 1.11 bits per heavy atom. The lowest BCUT2D eigenvalue weighted by Crippen LogP contribution is -2.34. The first-order valence-electron chi connectivity index (χ1n) is 11.4. The molecule has 36 heavy (non-hydrogen) atoms. The number of pyridine rings is 1. The second-order valence-electron chi connectivity index (χ2n) is 8.62. The van der Waals surface area contributed by atoms with Crippen LogP contribution in [0.15, 0.2) is 60.8 Å². The molecule has 2 aromatic carbocycles. The van der Waals surface area contributed by atoms with Gasteiger partial charge in [-0.15, -0.1) is 0 Å². The van der Waals surface area contributed by atoms with E-state index in [1.165, 1.54) is 12.1 Å². The van der Waals surface area contributed by atoms with Gasteiger partial charge >= 0.3 is 6.03 Å². The number of rotatable bonds is 5. The molecule has 1 aliphatic heterocycles. The van der Waals surface area contributed by atoms with E-state index in [0.717, 1.165) is 40.3 Å². The quantitative estimate of drug-likeness (QED) is 0.304. The molecule has 2 aromatic heterocycles. The summed E-state index contributed by atoms with van der Waals surface area (Å²) in [4.78, 5) is 19.5. The molecule has 1 aliphatic rings. The number of halogens is 4. The molecule has 0 aliphatic carbocycles. The lowest BCUT2D eigenvalue weighted by Gasteiger charge is -2.27. The van der Waals surface area contributed by atoms with Gasteiger partial charge in [0.25, 0.3) is 0 Å². The van der Waals surface area contributed by atoms with Crippen molar-refractivity contribution in [3.05, 3.63) is 105 Å². The molecule has 3 heterocycles. The first-order valence-corrected chi connectivity index (χ1v) is 12.2. The maximum atomic E-state index is 13.9. The molecule has 184 valence electrons.